The summed E-state index contributed by atoms with van der Waals surface area (Å²) in [5.74, 6) is -0.274. The maximum absolute atomic E-state index is 12.1. The number of halogens is 1. The molecule has 0 aliphatic heterocycles. The molecule has 24 heavy (non-hydrogen) atoms. The Hall–Kier alpha value is -2.33. The van der Waals surface area contributed by atoms with E-state index in [9.17, 15) is 9.59 Å². The second-order valence-electron chi connectivity index (χ2n) is 5.79. The molecule has 0 spiro atoms. The summed E-state index contributed by atoms with van der Waals surface area (Å²) < 4.78 is 0. The summed E-state index contributed by atoms with van der Waals surface area (Å²) in [6.07, 6.45) is 0.192. The highest BCUT2D eigenvalue weighted by Crippen LogP contribution is 2.22. The number of aryl methyl sites for hydroxylation is 2. The van der Waals surface area contributed by atoms with Crippen LogP contribution in [0.25, 0.3) is 0 Å². The monoisotopic (exact) mass is 344 g/mol. The minimum absolute atomic E-state index is 0.0921. The van der Waals surface area contributed by atoms with Gasteiger partial charge in [0.15, 0.2) is 0 Å². The Bertz CT molecular complexity index is 739. The smallest absolute Gasteiger partial charge is 0.226 e. The third-order valence-corrected chi connectivity index (χ3v) is 3.94. The molecule has 4 nitrogen and oxygen atoms in total. The van der Waals surface area contributed by atoms with Gasteiger partial charge < -0.3 is 10.2 Å². The molecule has 2 rings (SSSR count). The molecule has 0 saturated heterocycles. The second-order valence-corrected chi connectivity index (χ2v) is 6.20. The zero-order valence-corrected chi connectivity index (χ0v) is 14.9. The first-order valence-corrected chi connectivity index (χ1v) is 8.15. The van der Waals surface area contributed by atoms with Gasteiger partial charge in [-0.05, 0) is 49.2 Å². The Kier molecular flexibility index (Phi) is 5.99. The van der Waals surface area contributed by atoms with Gasteiger partial charge in [0.05, 0.1) is 10.7 Å². The van der Waals surface area contributed by atoms with Crippen molar-refractivity contribution in [2.24, 2.45) is 0 Å². The molecule has 2 aromatic carbocycles. The molecule has 1 N–H and O–H groups in total. The number of carbonyl (C=O) groups is 2. The maximum Gasteiger partial charge on any atom is 0.226 e. The summed E-state index contributed by atoms with van der Waals surface area (Å²) in [5, 5.41) is 3.26. The predicted octanol–water partition coefficient (Wildman–Crippen LogP) is 4.34. The third kappa shape index (κ3) is 4.83. The lowest BCUT2D eigenvalue weighted by molar-refractivity contribution is -0.117. The summed E-state index contributed by atoms with van der Waals surface area (Å²) in [7, 11) is 0. The van der Waals surface area contributed by atoms with Crippen LogP contribution >= 0.6 is 11.6 Å². The van der Waals surface area contributed by atoms with Gasteiger partial charge in [0.2, 0.25) is 11.8 Å². The van der Waals surface area contributed by atoms with Crippen LogP contribution in [0.3, 0.4) is 0 Å². The van der Waals surface area contributed by atoms with Crippen LogP contribution in [0.15, 0.2) is 42.5 Å². The first-order chi connectivity index (χ1) is 11.4. The van der Waals surface area contributed by atoms with Crippen LogP contribution in [0.1, 0.15) is 24.5 Å². The molecule has 0 radical (unpaired) electrons. The van der Waals surface area contributed by atoms with Gasteiger partial charge in [-0.1, -0.05) is 29.8 Å². The van der Waals surface area contributed by atoms with Crippen molar-refractivity contribution in [3.63, 3.8) is 0 Å². The standard InChI is InChI=1S/C19H21ClN2O2/c1-13-10-14(2)12-16(11-13)22(15(3)23)9-8-19(24)21-18-7-5-4-6-17(18)20/h4-7,10-12H,8-9H2,1-3H3,(H,21,24). The fraction of sp³-hybridized carbons (Fsp3) is 0.263. The molecule has 2 amide bonds. The number of para-hydroxylation sites is 1. The number of hydrogen-bond donors (Lipinski definition) is 1. The highest BCUT2D eigenvalue weighted by molar-refractivity contribution is 6.33. The van der Waals surface area contributed by atoms with Crippen molar-refractivity contribution >= 4 is 34.8 Å². The van der Waals surface area contributed by atoms with Crippen molar-refractivity contribution in [2.45, 2.75) is 27.2 Å². The van der Waals surface area contributed by atoms with Crippen molar-refractivity contribution < 1.29 is 9.59 Å². The minimum Gasteiger partial charge on any atom is -0.325 e. The highest BCUT2D eigenvalue weighted by atomic mass is 35.5. The molecule has 2 aromatic rings. The zero-order chi connectivity index (χ0) is 17.7. The van der Waals surface area contributed by atoms with Crippen LogP contribution in [0.4, 0.5) is 11.4 Å². The van der Waals surface area contributed by atoms with Gasteiger partial charge in [-0.3, -0.25) is 9.59 Å². The van der Waals surface area contributed by atoms with Crippen LogP contribution < -0.4 is 10.2 Å². The number of benzene rings is 2. The molecular formula is C19H21ClN2O2. The molecule has 0 aliphatic rings. The van der Waals surface area contributed by atoms with E-state index in [1.54, 1.807) is 29.2 Å². The summed E-state index contributed by atoms with van der Waals surface area (Å²) >= 11 is 6.03. The number of anilines is 2. The van der Waals surface area contributed by atoms with Crippen molar-refractivity contribution in [2.75, 3.05) is 16.8 Å². The van der Waals surface area contributed by atoms with Gasteiger partial charge in [-0.2, -0.15) is 0 Å². The third-order valence-electron chi connectivity index (χ3n) is 3.61. The number of nitrogens with zero attached hydrogens (tertiary/aromatic N) is 1. The Balaban J connectivity index is 2.05. The Morgan fingerprint density at radius 3 is 2.29 bits per heavy atom. The van der Waals surface area contributed by atoms with Gasteiger partial charge in [0.1, 0.15) is 0 Å². The summed E-state index contributed by atoms with van der Waals surface area (Å²) in [4.78, 5) is 25.7. The van der Waals surface area contributed by atoms with Crippen molar-refractivity contribution in [1.82, 2.24) is 0 Å². The highest BCUT2D eigenvalue weighted by Gasteiger charge is 2.14. The molecule has 0 saturated carbocycles. The van der Waals surface area contributed by atoms with Crippen molar-refractivity contribution in [1.29, 1.82) is 0 Å². The maximum atomic E-state index is 12.1. The SMILES string of the molecule is CC(=O)N(CCC(=O)Nc1ccccc1Cl)c1cc(C)cc(C)c1. The minimum atomic E-state index is -0.182. The number of rotatable bonds is 5. The summed E-state index contributed by atoms with van der Waals surface area (Å²) in [6.45, 7) is 5.79. The quantitative estimate of drug-likeness (QED) is 0.877. The topological polar surface area (TPSA) is 49.4 Å². The molecule has 0 unspecified atom stereocenters. The van der Waals surface area contributed by atoms with Gasteiger partial charge in [0.25, 0.3) is 0 Å². The molecule has 0 aliphatic carbocycles. The molecule has 126 valence electrons. The largest absolute Gasteiger partial charge is 0.325 e. The van der Waals surface area contributed by atoms with Crippen LogP contribution in [-0.2, 0) is 9.59 Å². The van der Waals surface area contributed by atoms with E-state index in [4.69, 9.17) is 11.6 Å². The fourth-order valence-electron chi connectivity index (χ4n) is 2.56. The number of carbonyl (C=O) groups excluding carboxylic acids is 2. The number of nitrogens with one attached hydrogen (secondary N) is 1. The van der Waals surface area contributed by atoms with Crippen LogP contribution in [-0.4, -0.2) is 18.4 Å². The van der Waals surface area contributed by atoms with Crippen molar-refractivity contribution in [3.05, 3.63) is 58.6 Å². The van der Waals surface area contributed by atoms with Gasteiger partial charge in [-0.25, -0.2) is 0 Å². The van der Waals surface area contributed by atoms with E-state index in [0.29, 0.717) is 17.3 Å². The van der Waals surface area contributed by atoms with Crippen LogP contribution in [0.5, 0.6) is 0 Å². The number of hydrogen-bond acceptors (Lipinski definition) is 2. The number of amides is 2. The second kappa shape index (κ2) is 7.97. The Morgan fingerprint density at radius 2 is 1.71 bits per heavy atom. The van der Waals surface area contributed by atoms with Crippen molar-refractivity contribution in [3.8, 4) is 0 Å². The van der Waals surface area contributed by atoms with E-state index in [1.807, 2.05) is 32.0 Å². The molecule has 0 heterocycles. The predicted molar refractivity (Wildman–Crippen MR) is 98.6 cm³/mol. The molecule has 0 bridgehead atoms. The lowest BCUT2D eigenvalue weighted by Crippen LogP contribution is -2.32. The molecular weight excluding hydrogens is 324 g/mol. The Morgan fingerprint density at radius 1 is 1.08 bits per heavy atom. The van der Waals surface area contributed by atoms with Crippen LogP contribution in [0, 0.1) is 13.8 Å². The normalized spacial score (nSPS) is 10.3. The van der Waals surface area contributed by atoms with E-state index in [1.165, 1.54) is 6.92 Å². The van der Waals surface area contributed by atoms with E-state index < -0.39 is 0 Å². The van der Waals surface area contributed by atoms with E-state index >= 15 is 0 Å². The molecule has 5 heteroatoms. The van der Waals surface area contributed by atoms with Gasteiger partial charge >= 0.3 is 0 Å². The lowest BCUT2D eigenvalue weighted by atomic mass is 10.1. The first-order valence-electron chi connectivity index (χ1n) is 7.77. The van der Waals surface area contributed by atoms with E-state index in [0.717, 1.165) is 16.8 Å². The van der Waals surface area contributed by atoms with Gasteiger partial charge in [-0.15, -0.1) is 0 Å². The van der Waals surface area contributed by atoms with E-state index in [2.05, 4.69) is 5.32 Å². The zero-order valence-electron chi connectivity index (χ0n) is 14.1. The van der Waals surface area contributed by atoms with Crippen LogP contribution in [0.2, 0.25) is 5.02 Å². The Labute approximate surface area is 147 Å². The van der Waals surface area contributed by atoms with E-state index in [-0.39, 0.29) is 18.2 Å². The molecule has 0 atom stereocenters. The molecule has 0 fully saturated rings. The molecule has 0 aromatic heterocycles. The lowest BCUT2D eigenvalue weighted by Gasteiger charge is -2.22. The average Bonchev–Trinajstić information content (AvgIpc) is 2.48. The average molecular weight is 345 g/mol. The fourth-order valence-corrected chi connectivity index (χ4v) is 2.75. The summed E-state index contributed by atoms with van der Waals surface area (Å²) in [5.41, 5.74) is 3.55. The van der Waals surface area contributed by atoms with Gasteiger partial charge in [0, 0.05) is 25.6 Å². The summed E-state index contributed by atoms with van der Waals surface area (Å²) in [6, 6.07) is 13.0. The first kappa shape index (κ1) is 18.0.